The molecule has 0 radical (unpaired) electrons. The van der Waals surface area contributed by atoms with Crippen molar-refractivity contribution in [1.82, 2.24) is 15.6 Å². The Kier molecular flexibility index (Phi) is 7.72. The normalized spacial score (nSPS) is 14.9. The highest BCUT2D eigenvalue weighted by Crippen LogP contribution is 2.32. The van der Waals surface area contributed by atoms with Crippen LogP contribution in [0.3, 0.4) is 0 Å². The third kappa shape index (κ3) is 5.52. The monoisotopic (exact) mass is 459 g/mol. The summed E-state index contributed by atoms with van der Waals surface area (Å²) < 4.78 is 11.1. The minimum Gasteiger partial charge on any atom is -0.493 e. The first-order chi connectivity index (χ1) is 16.7. The van der Waals surface area contributed by atoms with Crippen LogP contribution in [0.1, 0.15) is 17.5 Å². The van der Waals surface area contributed by atoms with Crippen LogP contribution in [0.15, 0.2) is 72.0 Å². The second-order valence-corrected chi connectivity index (χ2v) is 7.93. The van der Waals surface area contributed by atoms with Crippen molar-refractivity contribution in [2.45, 2.75) is 25.9 Å². The summed E-state index contributed by atoms with van der Waals surface area (Å²) in [5.41, 5.74) is 4.28. The average molecular weight is 460 g/mol. The van der Waals surface area contributed by atoms with Crippen molar-refractivity contribution >= 4 is 18.2 Å². The number of carbonyl (C=O) groups excluding carboxylic acids is 1. The molecule has 1 aliphatic heterocycles. The zero-order valence-corrected chi connectivity index (χ0v) is 19.4. The second kappa shape index (κ2) is 11.3. The molecule has 1 unspecified atom stereocenters. The standard InChI is InChI=1S/C26H29N5O3/c1-19-22(10-6-11-23(19)34-15-7-14-33-2)21-12-13-27-24(17-21)31-25(29-26(30-31)28-18-32)16-20-8-4-3-5-9-20/h3-6,8-13,17-18,25H,7,14-16H2,1-2H3,(H2,28,29,30,32). The van der Waals surface area contributed by atoms with Crippen LogP contribution in [0.5, 0.6) is 5.75 Å². The molecular formula is C26H29N5O3. The van der Waals surface area contributed by atoms with Crippen molar-refractivity contribution in [2.75, 3.05) is 25.3 Å². The first-order valence-corrected chi connectivity index (χ1v) is 11.3. The Morgan fingerprint density at radius 1 is 1.12 bits per heavy atom. The van der Waals surface area contributed by atoms with Crippen LogP contribution >= 0.6 is 0 Å². The molecule has 0 fully saturated rings. The number of rotatable bonds is 10. The van der Waals surface area contributed by atoms with E-state index in [9.17, 15) is 4.79 Å². The van der Waals surface area contributed by atoms with E-state index in [2.05, 4.69) is 45.8 Å². The van der Waals surface area contributed by atoms with E-state index in [1.54, 1.807) is 13.3 Å². The number of benzene rings is 2. The molecule has 1 amide bonds. The Bertz CT molecular complexity index is 1140. The SMILES string of the molecule is COCCCOc1cccc(-c2ccnc(N3N=C(NC=O)NC3Cc3ccccc3)c2)c1C. The summed E-state index contributed by atoms with van der Waals surface area (Å²) in [4.78, 5) is 15.6. The van der Waals surface area contributed by atoms with Crippen molar-refractivity contribution in [1.29, 1.82) is 0 Å². The number of nitrogens with one attached hydrogen (secondary N) is 2. The van der Waals surface area contributed by atoms with Crippen LogP contribution < -0.4 is 20.4 Å². The van der Waals surface area contributed by atoms with Crippen molar-refractivity contribution in [3.8, 4) is 16.9 Å². The van der Waals surface area contributed by atoms with Gasteiger partial charge in [0, 0.05) is 32.8 Å². The molecule has 1 aliphatic rings. The Morgan fingerprint density at radius 2 is 1.97 bits per heavy atom. The molecule has 8 nitrogen and oxygen atoms in total. The number of amides is 1. The topological polar surface area (TPSA) is 88.1 Å². The molecule has 2 heterocycles. The molecular weight excluding hydrogens is 430 g/mol. The molecule has 34 heavy (non-hydrogen) atoms. The van der Waals surface area contributed by atoms with Crippen LogP contribution in [0.4, 0.5) is 5.82 Å². The van der Waals surface area contributed by atoms with Gasteiger partial charge in [-0.25, -0.2) is 9.99 Å². The zero-order valence-electron chi connectivity index (χ0n) is 19.4. The number of hydrogen-bond donors (Lipinski definition) is 2. The first-order valence-electron chi connectivity index (χ1n) is 11.3. The van der Waals surface area contributed by atoms with Crippen LogP contribution in [0.2, 0.25) is 0 Å². The van der Waals surface area contributed by atoms with Gasteiger partial charge in [0.1, 0.15) is 11.9 Å². The predicted molar refractivity (Wildman–Crippen MR) is 133 cm³/mol. The molecule has 0 bridgehead atoms. The summed E-state index contributed by atoms with van der Waals surface area (Å²) in [5, 5.41) is 12.2. The van der Waals surface area contributed by atoms with Crippen molar-refractivity contribution in [2.24, 2.45) is 5.10 Å². The van der Waals surface area contributed by atoms with Crippen LogP contribution in [-0.2, 0) is 16.0 Å². The van der Waals surface area contributed by atoms with Gasteiger partial charge in [0.2, 0.25) is 12.4 Å². The fourth-order valence-corrected chi connectivity index (χ4v) is 3.92. The van der Waals surface area contributed by atoms with E-state index in [-0.39, 0.29) is 6.17 Å². The number of nitrogens with zero attached hydrogens (tertiary/aromatic N) is 3. The third-order valence-electron chi connectivity index (χ3n) is 5.60. The van der Waals surface area contributed by atoms with Crippen molar-refractivity contribution in [3.63, 3.8) is 0 Å². The number of guanidine groups is 1. The van der Waals surface area contributed by atoms with Gasteiger partial charge in [-0.05, 0) is 47.4 Å². The number of hydrogen-bond acceptors (Lipinski definition) is 7. The minimum atomic E-state index is -0.191. The van der Waals surface area contributed by atoms with E-state index >= 15 is 0 Å². The van der Waals surface area contributed by atoms with Crippen LogP contribution in [-0.4, -0.2) is 43.8 Å². The van der Waals surface area contributed by atoms with E-state index in [1.165, 1.54) is 0 Å². The lowest BCUT2D eigenvalue weighted by Gasteiger charge is -2.23. The second-order valence-electron chi connectivity index (χ2n) is 7.93. The Balaban J connectivity index is 1.59. The highest BCUT2D eigenvalue weighted by atomic mass is 16.5. The largest absolute Gasteiger partial charge is 0.493 e. The minimum absolute atomic E-state index is 0.191. The van der Waals surface area contributed by atoms with Gasteiger partial charge in [-0.2, -0.15) is 0 Å². The van der Waals surface area contributed by atoms with Gasteiger partial charge < -0.3 is 14.8 Å². The molecule has 176 valence electrons. The fourth-order valence-electron chi connectivity index (χ4n) is 3.92. The van der Waals surface area contributed by atoms with Gasteiger partial charge in [-0.3, -0.25) is 10.1 Å². The number of hydrazone groups is 1. The lowest BCUT2D eigenvalue weighted by atomic mass is 10.0. The molecule has 0 saturated heterocycles. The molecule has 1 aromatic heterocycles. The maximum Gasteiger partial charge on any atom is 0.222 e. The summed E-state index contributed by atoms with van der Waals surface area (Å²) in [6.45, 7) is 3.32. The van der Waals surface area contributed by atoms with Gasteiger partial charge in [0.05, 0.1) is 6.61 Å². The smallest absolute Gasteiger partial charge is 0.222 e. The molecule has 8 heteroatoms. The lowest BCUT2D eigenvalue weighted by Crippen LogP contribution is -2.43. The van der Waals surface area contributed by atoms with Crippen LogP contribution in [0.25, 0.3) is 11.1 Å². The Hall–Kier alpha value is -3.91. The maximum atomic E-state index is 11.0. The summed E-state index contributed by atoms with van der Waals surface area (Å²) in [6, 6.07) is 20.2. The lowest BCUT2D eigenvalue weighted by molar-refractivity contribution is -0.108. The number of pyridine rings is 1. The van der Waals surface area contributed by atoms with E-state index in [1.807, 2.05) is 47.5 Å². The van der Waals surface area contributed by atoms with Crippen molar-refractivity contribution in [3.05, 3.63) is 78.0 Å². The summed E-state index contributed by atoms with van der Waals surface area (Å²) in [6.07, 6.45) is 3.71. The van der Waals surface area contributed by atoms with E-state index in [0.717, 1.165) is 34.4 Å². The summed E-state index contributed by atoms with van der Waals surface area (Å²) >= 11 is 0. The number of aromatic nitrogens is 1. The van der Waals surface area contributed by atoms with Gasteiger partial charge in [0.25, 0.3) is 0 Å². The molecule has 3 aromatic rings. The quantitative estimate of drug-likeness (QED) is 0.357. The third-order valence-corrected chi connectivity index (χ3v) is 5.60. The summed E-state index contributed by atoms with van der Waals surface area (Å²) in [5.74, 6) is 1.93. The average Bonchev–Trinajstić information content (AvgIpc) is 3.26. The molecule has 0 spiro atoms. The zero-order chi connectivity index (χ0) is 23.8. The number of carbonyl (C=O) groups is 1. The molecule has 2 aromatic carbocycles. The Morgan fingerprint density at radius 3 is 2.76 bits per heavy atom. The highest BCUT2D eigenvalue weighted by molar-refractivity contribution is 5.91. The highest BCUT2D eigenvalue weighted by Gasteiger charge is 2.28. The predicted octanol–water partition coefficient (Wildman–Crippen LogP) is 3.47. The van der Waals surface area contributed by atoms with E-state index in [0.29, 0.717) is 37.8 Å². The van der Waals surface area contributed by atoms with Crippen LogP contribution in [0, 0.1) is 6.92 Å². The summed E-state index contributed by atoms with van der Waals surface area (Å²) in [7, 11) is 1.69. The fraction of sp³-hybridized carbons (Fsp3) is 0.269. The van der Waals surface area contributed by atoms with E-state index in [4.69, 9.17) is 9.47 Å². The molecule has 0 aliphatic carbocycles. The molecule has 4 rings (SSSR count). The number of anilines is 1. The van der Waals surface area contributed by atoms with E-state index < -0.39 is 0 Å². The first kappa shape index (κ1) is 23.3. The molecule has 0 saturated carbocycles. The number of methoxy groups -OCH3 is 1. The maximum absolute atomic E-state index is 11.0. The molecule has 1 atom stereocenters. The van der Waals surface area contributed by atoms with Gasteiger partial charge >= 0.3 is 0 Å². The molecule has 2 N–H and O–H groups in total. The number of ether oxygens (including phenoxy) is 2. The van der Waals surface area contributed by atoms with Gasteiger partial charge in [0.15, 0.2) is 5.82 Å². The van der Waals surface area contributed by atoms with Crippen molar-refractivity contribution < 1.29 is 14.3 Å². The van der Waals surface area contributed by atoms with Gasteiger partial charge in [-0.15, -0.1) is 5.10 Å². The van der Waals surface area contributed by atoms with Gasteiger partial charge in [-0.1, -0.05) is 42.5 Å². The Labute approximate surface area is 199 Å².